The predicted molar refractivity (Wildman–Crippen MR) is 80.0 cm³/mol. The summed E-state index contributed by atoms with van der Waals surface area (Å²) in [4.78, 5) is 0. The molecule has 0 fully saturated rings. The fraction of sp³-hybridized carbons (Fsp3) is 0.562. The van der Waals surface area contributed by atoms with Gasteiger partial charge in [-0.25, -0.2) is 0 Å². The number of nitrogens with zero attached hydrogens (tertiary/aromatic N) is 1. The lowest BCUT2D eigenvalue weighted by Crippen LogP contribution is -2.25. The molecule has 110 valence electrons. The van der Waals surface area contributed by atoms with E-state index in [0.717, 1.165) is 37.8 Å². The maximum atomic E-state index is 9.72. The van der Waals surface area contributed by atoms with E-state index in [-0.39, 0.29) is 5.75 Å². The Morgan fingerprint density at radius 1 is 1.40 bits per heavy atom. The molecule has 4 heteroatoms. The molecule has 0 spiro atoms. The van der Waals surface area contributed by atoms with E-state index in [4.69, 9.17) is 4.74 Å². The van der Waals surface area contributed by atoms with Crippen molar-refractivity contribution in [3.8, 4) is 17.6 Å². The summed E-state index contributed by atoms with van der Waals surface area (Å²) < 4.78 is 5.16. The standard InChI is InChI=1S/C16H24N2O2/c1-4-8-16(12-17,9-5-10-18-2)13-6-7-14(19)15(11-13)20-3/h6-7,11,18-19H,4-5,8-10H2,1-3H3. The van der Waals surface area contributed by atoms with Crippen molar-refractivity contribution >= 4 is 0 Å². The van der Waals surface area contributed by atoms with E-state index in [1.54, 1.807) is 12.1 Å². The van der Waals surface area contributed by atoms with Gasteiger partial charge >= 0.3 is 0 Å². The van der Waals surface area contributed by atoms with Gasteiger partial charge in [0.15, 0.2) is 11.5 Å². The molecule has 0 saturated heterocycles. The largest absolute Gasteiger partial charge is 0.504 e. The van der Waals surface area contributed by atoms with Gasteiger partial charge in [0.25, 0.3) is 0 Å². The van der Waals surface area contributed by atoms with Crippen molar-refractivity contribution in [1.29, 1.82) is 5.26 Å². The van der Waals surface area contributed by atoms with Crippen molar-refractivity contribution in [2.24, 2.45) is 0 Å². The molecule has 20 heavy (non-hydrogen) atoms. The molecule has 0 radical (unpaired) electrons. The number of hydrogen-bond acceptors (Lipinski definition) is 4. The normalized spacial score (nSPS) is 13.5. The third-order valence-electron chi connectivity index (χ3n) is 3.65. The molecule has 0 aromatic heterocycles. The van der Waals surface area contributed by atoms with Crippen molar-refractivity contribution in [2.75, 3.05) is 20.7 Å². The molecular weight excluding hydrogens is 252 g/mol. The van der Waals surface area contributed by atoms with Crippen molar-refractivity contribution in [2.45, 2.75) is 38.0 Å². The average Bonchev–Trinajstić information content (AvgIpc) is 2.47. The minimum atomic E-state index is -0.507. The Bertz CT molecular complexity index is 468. The zero-order valence-corrected chi connectivity index (χ0v) is 12.6. The Labute approximate surface area is 121 Å². The third-order valence-corrected chi connectivity index (χ3v) is 3.65. The Hall–Kier alpha value is -1.73. The van der Waals surface area contributed by atoms with Gasteiger partial charge in [-0.05, 0) is 50.6 Å². The quantitative estimate of drug-likeness (QED) is 0.716. The Kier molecular flexibility index (Phi) is 6.33. The van der Waals surface area contributed by atoms with Crippen molar-refractivity contribution in [3.05, 3.63) is 23.8 Å². The summed E-state index contributed by atoms with van der Waals surface area (Å²) in [7, 11) is 3.44. The summed E-state index contributed by atoms with van der Waals surface area (Å²) in [5, 5.41) is 22.5. The van der Waals surface area contributed by atoms with Gasteiger partial charge in [0.1, 0.15) is 0 Å². The molecule has 0 aliphatic heterocycles. The number of rotatable bonds is 8. The molecule has 1 rings (SSSR count). The van der Waals surface area contributed by atoms with Crippen LogP contribution in [0.5, 0.6) is 11.5 Å². The van der Waals surface area contributed by atoms with Gasteiger partial charge in [-0.3, -0.25) is 0 Å². The highest BCUT2D eigenvalue weighted by Crippen LogP contribution is 2.38. The van der Waals surface area contributed by atoms with E-state index in [1.165, 1.54) is 7.11 Å². The molecule has 1 unspecified atom stereocenters. The summed E-state index contributed by atoms with van der Waals surface area (Å²) in [6.07, 6.45) is 3.48. The summed E-state index contributed by atoms with van der Waals surface area (Å²) in [6.45, 7) is 2.98. The van der Waals surface area contributed by atoms with E-state index >= 15 is 0 Å². The van der Waals surface area contributed by atoms with Crippen LogP contribution >= 0.6 is 0 Å². The highest BCUT2D eigenvalue weighted by molar-refractivity contribution is 5.46. The lowest BCUT2D eigenvalue weighted by atomic mass is 9.74. The minimum Gasteiger partial charge on any atom is -0.504 e. The summed E-state index contributed by atoms with van der Waals surface area (Å²) in [5.74, 6) is 0.529. The van der Waals surface area contributed by atoms with Gasteiger partial charge in [-0.2, -0.15) is 5.26 Å². The van der Waals surface area contributed by atoms with E-state index in [2.05, 4.69) is 18.3 Å². The highest BCUT2D eigenvalue weighted by Gasteiger charge is 2.31. The second-order valence-electron chi connectivity index (χ2n) is 5.04. The summed E-state index contributed by atoms with van der Waals surface area (Å²) >= 11 is 0. The summed E-state index contributed by atoms with van der Waals surface area (Å²) in [5.41, 5.74) is 0.416. The van der Waals surface area contributed by atoms with E-state index in [9.17, 15) is 10.4 Å². The number of nitriles is 1. The molecule has 4 nitrogen and oxygen atoms in total. The number of ether oxygens (including phenoxy) is 1. The topological polar surface area (TPSA) is 65.3 Å². The number of benzene rings is 1. The van der Waals surface area contributed by atoms with Crippen LogP contribution in [0.25, 0.3) is 0 Å². The first kappa shape index (κ1) is 16.3. The number of phenols is 1. The molecule has 0 heterocycles. The third kappa shape index (κ3) is 3.64. The Morgan fingerprint density at radius 3 is 2.70 bits per heavy atom. The fourth-order valence-electron chi connectivity index (χ4n) is 2.56. The molecule has 0 bridgehead atoms. The SMILES string of the molecule is CCCC(C#N)(CCCNC)c1ccc(O)c(OC)c1. The second-order valence-corrected chi connectivity index (χ2v) is 5.04. The van der Waals surface area contributed by atoms with Crippen LogP contribution in [0.1, 0.15) is 38.2 Å². The Balaban J connectivity index is 3.12. The van der Waals surface area contributed by atoms with Gasteiger partial charge in [-0.15, -0.1) is 0 Å². The van der Waals surface area contributed by atoms with Crippen LogP contribution in [0.2, 0.25) is 0 Å². The number of hydrogen-bond donors (Lipinski definition) is 2. The highest BCUT2D eigenvalue weighted by atomic mass is 16.5. The van der Waals surface area contributed by atoms with Gasteiger partial charge in [-0.1, -0.05) is 19.4 Å². The van der Waals surface area contributed by atoms with Crippen LogP contribution in [0.15, 0.2) is 18.2 Å². The number of phenolic OH excluding ortho intramolecular Hbond substituents is 1. The molecule has 0 aliphatic carbocycles. The molecule has 0 amide bonds. The first-order valence-corrected chi connectivity index (χ1v) is 7.07. The summed E-state index contributed by atoms with van der Waals surface area (Å²) in [6, 6.07) is 7.72. The van der Waals surface area contributed by atoms with Gasteiger partial charge < -0.3 is 15.2 Å². The maximum absolute atomic E-state index is 9.72. The molecule has 0 aliphatic rings. The monoisotopic (exact) mass is 276 g/mol. The van der Waals surface area contributed by atoms with Crippen molar-refractivity contribution < 1.29 is 9.84 Å². The molecule has 0 saturated carbocycles. The zero-order chi connectivity index (χ0) is 15.0. The second kappa shape index (κ2) is 7.76. The molecular formula is C16H24N2O2. The van der Waals surface area contributed by atoms with Crippen molar-refractivity contribution in [1.82, 2.24) is 5.32 Å². The van der Waals surface area contributed by atoms with Gasteiger partial charge in [0.05, 0.1) is 18.6 Å². The van der Waals surface area contributed by atoms with Crippen LogP contribution < -0.4 is 10.1 Å². The fourth-order valence-corrected chi connectivity index (χ4v) is 2.56. The lowest BCUT2D eigenvalue weighted by molar-refractivity contribution is 0.369. The molecule has 1 aromatic rings. The Morgan fingerprint density at radius 2 is 2.15 bits per heavy atom. The van der Waals surface area contributed by atoms with Gasteiger partial charge in [0, 0.05) is 0 Å². The zero-order valence-electron chi connectivity index (χ0n) is 12.6. The van der Waals surface area contributed by atoms with Crippen LogP contribution in [0.3, 0.4) is 0 Å². The van der Waals surface area contributed by atoms with E-state index < -0.39 is 5.41 Å². The van der Waals surface area contributed by atoms with Crippen LogP contribution in [0, 0.1) is 11.3 Å². The predicted octanol–water partition coefficient (Wildman–Crippen LogP) is 2.96. The number of aromatic hydroxyl groups is 1. The van der Waals surface area contributed by atoms with Crippen LogP contribution in [-0.2, 0) is 5.41 Å². The number of nitrogens with one attached hydrogen (secondary N) is 1. The first-order chi connectivity index (χ1) is 9.63. The first-order valence-electron chi connectivity index (χ1n) is 7.07. The van der Waals surface area contributed by atoms with Crippen molar-refractivity contribution in [3.63, 3.8) is 0 Å². The number of methoxy groups -OCH3 is 1. The smallest absolute Gasteiger partial charge is 0.160 e. The minimum absolute atomic E-state index is 0.106. The molecule has 1 aromatic carbocycles. The van der Waals surface area contributed by atoms with E-state index in [1.807, 2.05) is 13.1 Å². The van der Waals surface area contributed by atoms with Gasteiger partial charge in [0.2, 0.25) is 0 Å². The van der Waals surface area contributed by atoms with E-state index in [0.29, 0.717) is 5.75 Å². The maximum Gasteiger partial charge on any atom is 0.160 e. The average molecular weight is 276 g/mol. The van der Waals surface area contributed by atoms with Crippen LogP contribution in [0.4, 0.5) is 0 Å². The molecule has 1 atom stereocenters. The lowest BCUT2D eigenvalue weighted by Gasteiger charge is -2.27. The van der Waals surface area contributed by atoms with Crippen LogP contribution in [-0.4, -0.2) is 25.8 Å². The molecule has 2 N–H and O–H groups in total.